The Hall–Kier alpha value is -1.00. The van der Waals surface area contributed by atoms with Crippen LogP contribution in [0.25, 0.3) is 11.1 Å². The SMILES string of the molecule is CCCCCNCC(C)Sc1nc2ccccc2o1. The van der Waals surface area contributed by atoms with Crippen LogP contribution in [-0.2, 0) is 0 Å². The summed E-state index contributed by atoms with van der Waals surface area (Å²) in [6.45, 7) is 6.53. The summed E-state index contributed by atoms with van der Waals surface area (Å²) in [7, 11) is 0. The molecule has 4 heteroatoms. The van der Waals surface area contributed by atoms with Gasteiger partial charge in [0, 0.05) is 11.8 Å². The van der Waals surface area contributed by atoms with Crippen LogP contribution in [0.3, 0.4) is 0 Å². The number of para-hydroxylation sites is 2. The molecule has 1 aromatic carbocycles. The number of oxazole rings is 1. The Morgan fingerprint density at radius 2 is 2.16 bits per heavy atom. The molecule has 0 bridgehead atoms. The lowest BCUT2D eigenvalue weighted by Gasteiger charge is -2.09. The molecule has 2 aromatic rings. The van der Waals surface area contributed by atoms with Crippen LogP contribution in [0.2, 0.25) is 0 Å². The molecule has 1 heterocycles. The molecule has 104 valence electrons. The second-order valence-corrected chi connectivity index (χ2v) is 6.18. The lowest BCUT2D eigenvalue weighted by atomic mass is 10.2. The van der Waals surface area contributed by atoms with Crippen molar-refractivity contribution in [1.29, 1.82) is 0 Å². The van der Waals surface area contributed by atoms with Gasteiger partial charge in [-0.2, -0.15) is 0 Å². The summed E-state index contributed by atoms with van der Waals surface area (Å²) in [6.07, 6.45) is 3.84. The molecule has 0 spiro atoms. The van der Waals surface area contributed by atoms with Crippen molar-refractivity contribution in [3.63, 3.8) is 0 Å². The molecule has 1 unspecified atom stereocenters. The molecule has 1 atom stereocenters. The average Bonchev–Trinajstić information content (AvgIpc) is 2.80. The van der Waals surface area contributed by atoms with E-state index in [0.29, 0.717) is 5.25 Å². The Morgan fingerprint density at radius 1 is 1.32 bits per heavy atom. The molecule has 2 rings (SSSR count). The van der Waals surface area contributed by atoms with Crippen molar-refractivity contribution in [2.75, 3.05) is 13.1 Å². The number of benzene rings is 1. The van der Waals surface area contributed by atoms with Crippen LogP contribution < -0.4 is 5.32 Å². The molecule has 0 fully saturated rings. The van der Waals surface area contributed by atoms with Gasteiger partial charge in [0.2, 0.25) is 0 Å². The highest BCUT2D eigenvalue weighted by Crippen LogP contribution is 2.26. The van der Waals surface area contributed by atoms with Crippen molar-refractivity contribution in [3.8, 4) is 0 Å². The Morgan fingerprint density at radius 3 is 2.95 bits per heavy atom. The van der Waals surface area contributed by atoms with E-state index in [1.807, 2.05) is 24.3 Å². The molecule has 19 heavy (non-hydrogen) atoms. The molecule has 3 nitrogen and oxygen atoms in total. The fourth-order valence-electron chi connectivity index (χ4n) is 1.92. The quantitative estimate of drug-likeness (QED) is 0.583. The molecule has 1 N–H and O–H groups in total. The first-order valence-corrected chi connectivity index (χ1v) is 7.90. The predicted octanol–water partition coefficient (Wildman–Crippen LogP) is 4.09. The molecule has 0 radical (unpaired) electrons. The molecule has 0 aliphatic heterocycles. The number of rotatable bonds is 8. The standard InChI is InChI=1S/C15H22N2OS/c1-3-4-7-10-16-11-12(2)19-15-17-13-8-5-6-9-14(13)18-15/h5-6,8-9,12,16H,3-4,7,10-11H2,1-2H3. The van der Waals surface area contributed by atoms with E-state index in [4.69, 9.17) is 4.42 Å². The first-order valence-electron chi connectivity index (χ1n) is 7.02. The summed E-state index contributed by atoms with van der Waals surface area (Å²) >= 11 is 1.69. The predicted molar refractivity (Wildman–Crippen MR) is 81.7 cm³/mol. The molecule has 1 aromatic heterocycles. The summed E-state index contributed by atoms with van der Waals surface area (Å²) in [5.41, 5.74) is 1.81. The average molecular weight is 278 g/mol. The summed E-state index contributed by atoms with van der Waals surface area (Å²) in [4.78, 5) is 4.48. The minimum Gasteiger partial charge on any atom is -0.431 e. The number of nitrogens with zero attached hydrogens (tertiary/aromatic N) is 1. The number of fused-ring (bicyclic) bond motifs is 1. The number of unbranched alkanes of at least 4 members (excludes halogenated alkanes) is 2. The van der Waals surface area contributed by atoms with Gasteiger partial charge >= 0.3 is 0 Å². The minimum absolute atomic E-state index is 0.467. The number of hydrogen-bond acceptors (Lipinski definition) is 4. The topological polar surface area (TPSA) is 38.1 Å². The minimum atomic E-state index is 0.467. The van der Waals surface area contributed by atoms with Crippen LogP contribution in [-0.4, -0.2) is 23.3 Å². The molecular weight excluding hydrogens is 256 g/mol. The largest absolute Gasteiger partial charge is 0.431 e. The second kappa shape index (κ2) is 7.56. The van der Waals surface area contributed by atoms with Crippen molar-refractivity contribution < 1.29 is 4.42 Å². The molecule has 0 aliphatic carbocycles. The zero-order valence-electron chi connectivity index (χ0n) is 11.7. The van der Waals surface area contributed by atoms with Gasteiger partial charge in [-0.3, -0.25) is 0 Å². The number of aromatic nitrogens is 1. The Balaban J connectivity index is 1.76. The smallest absolute Gasteiger partial charge is 0.257 e. The summed E-state index contributed by atoms with van der Waals surface area (Å²) in [5.74, 6) is 0. The molecule has 0 amide bonds. The third kappa shape index (κ3) is 4.55. The van der Waals surface area contributed by atoms with Crippen LogP contribution in [0.15, 0.2) is 33.9 Å². The van der Waals surface area contributed by atoms with Gasteiger partial charge in [-0.05, 0) is 25.1 Å². The van der Waals surface area contributed by atoms with Crippen molar-refractivity contribution in [3.05, 3.63) is 24.3 Å². The van der Waals surface area contributed by atoms with Gasteiger partial charge in [0.05, 0.1) is 0 Å². The van der Waals surface area contributed by atoms with E-state index in [9.17, 15) is 0 Å². The zero-order chi connectivity index (χ0) is 13.5. The Kier molecular flexibility index (Phi) is 5.73. The van der Waals surface area contributed by atoms with Crippen molar-refractivity contribution in [2.45, 2.75) is 43.6 Å². The lowest BCUT2D eigenvalue weighted by Crippen LogP contribution is -2.23. The molecule has 0 saturated heterocycles. The van der Waals surface area contributed by atoms with E-state index in [1.54, 1.807) is 11.8 Å². The maximum absolute atomic E-state index is 5.71. The van der Waals surface area contributed by atoms with Crippen LogP contribution in [0, 0.1) is 0 Å². The van der Waals surface area contributed by atoms with E-state index >= 15 is 0 Å². The highest BCUT2D eigenvalue weighted by atomic mass is 32.2. The Bertz CT molecular complexity index is 465. The van der Waals surface area contributed by atoms with E-state index in [0.717, 1.165) is 29.4 Å². The highest BCUT2D eigenvalue weighted by Gasteiger charge is 2.10. The van der Waals surface area contributed by atoms with Gasteiger partial charge in [-0.1, -0.05) is 50.6 Å². The van der Waals surface area contributed by atoms with Gasteiger partial charge in [0.1, 0.15) is 5.52 Å². The lowest BCUT2D eigenvalue weighted by molar-refractivity contribution is 0.487. The molecular formula is C15H22N2OS. The van der Waals surface area contributed by atoms with Gasteiger partial charge < -0.3 is 9.73 Å². The van der Waals surface area contributed by atoms with Crippen LogP contribution >= 0.6 is 11.8 Å². The summed E-state index contributed by atoms with van der Waals surface area (Å²) < 4.78 is 5.71. The van der Waals surface area contributed by atoms with Gasteiger partial charge in [0.15, 0.2) is 5.58 Å². The van der Waals surface area contributed by atoms with Crippen molar-refractivity contribution >= 4 is 22.9 Å². The summed E-state index contributed by atoms with van der Waals surface area (Å²) in [5, 5.41) is 4.72. The maximum atomic E-state index is 5.71. The highest BCUT2D eigenvalue weighted by molar-refractivity contribution is 7.99. The number of thioether (sulfide) groups is 1. The van der Waals surface area contributed by atoms with E-state index in [2.05, 4.69) is 24.1 Å². The second-order valence-electron chi connectivity index (χ2n) is 4.79. The molecule has 0 aliphatic rings. The van der Waals surface area contributed by atoms with Crippen LogP contribution in [0.4, 0.5) is 0 Å². The Labute approximate surface area is 119 Å². The van der Waals surface area contributed by atoms with Crippen molar-refractivity contribution in [1.82, 2.24) is 10.3 Å². The van der Waals surface area contributed by atoms with Gasteiger partial charge in [-0.15, -0.1) is 0 Å². The molecule has 0 saturated carbocycles. The number of hydrogen-bond donors (Lipinski definition) is 1. The van der Waals surface area contributed by atoms with Gasteiger partial charge in [0.25, 0.3) is 5.22 Å². The van der Waals surface area contributed by atoms with Crippen LogP contribution in [0.5, 0.6) is 0 Å². The van der Waals surface area contributed by atoms with Crippen LogP contribution in [0.1, 0.15) is 33.1 Å². The normalized spacial score (nSPS) is 12.9. The third-order valence-corrected chi connectivity index (χ3v) is 3.91. The number of nitrogens with one attached hydrogen (secondary N) is 1. The summed E-state index contributed by atoms with van der Waals surface area (Å²) in [6, 6.07) is 7.90. The van der Waals surface area contributed by atoms with Crippen molar-refractivity contribution in [2.24, 2.45) is 0 Å². The first-order chi connectivity index (χ1) is 9.29. The van der Waals surface area contributed by atoms with E-state index < -0.39 is 0 Å². The first kappa shape index (κ1) is 14.4. The fraction of sp³-hybridized carbons (Fsp3) is 0.533. The maximum Gasteiger partial charge on any atom is 0.257 e. The fourth-order valence-corrected chi connectivity index (χ4v) is 2.75. The zero-order valence-corrected chi connectivity index (χ0v) is 12.5. The third-order valence-electron chi connectivity index (χ3n) is 2.97. The van der Waals surface area contributed by atoms with Gasteiger partial charge in [-0.25, -0.2) is 4.98 Å². The van der Waals surface area contributed by atoms with E-state index in [1.165, 1.54) is 19.3 Å². The monoisotopic (exact) mass is 278 g/mol. The van der Waals surface area contributed by atoms with E-state index in [-0.39, 0.29) is 0 Å².